The molecule has 0 aromatic carbocycles. The third-order valence-corrected chi connectivity index (χ3v) is 0. The molecule has 0 unspecified atom stereocenters. The standard InChI is InChI=1S/CH5N3.Ca.2NO3/c2-1(3)4;;2*2-1(3)4/h(H5,2,3,4);;;/q;+2;2*-1. The Bertz CT molecular complexity index is 119. The van der Waals surface area contributed by atoms with Crippen molar-refractivity contribution in [2.45, 2.75) is 0 Å². The summed E-state index contributed by atoms with van der Waals surface area (Å²) >= 11 is 0. The Kier molecular flexibility index (Phi) is 29.9. The molecule has 0 atom stereocenters. The van der Waals surface area contributed by atoms with Crippen LogP contribution in [0.5, 0.6) is 0 Å². The summed E-state index contributed by atoms with van der Waals surface area (Å²) < 4.78 is 0. The number of hydrogen-bond acceptors (Lipinski definition) is 7. The molecule has 0 fully saturated rings. The minimum atomic E-state index is -1.75. The van der Waals surface area contributed by atoms with E-state index in [4.69, 9.17) is 36.1 Å². The van der Waals surface area contributed by atoms with Crippen molar-refractivity contribution in [2.24, 2.45) is 11.5 Å². The number of hydrogen-bond donors (Lipinski definition) is 3. The first-order valence-electron chi connectivity index (χ1n) is 1.92. The molecule has 0 spiro atoms. The summed E-state index contributed by atoms with van der Waals surface area (Å²) in [5, 5.41) is 35.6. The molecule has 11 nitrogen and oxygen atoms in total. The van der Waals surface area contributed by atoms with E-state index >= 15 is 0 Å². The third-order valence-electron chi connectivity index (χ3n) is 0. The largest absolute Gasteiger partial charge is 2.00 e. The van der Waals surface area contributed by atoms with Crippen molar-refractivity contribution in [1.82, 2.24) is 0 Å². The second kappa shape index (κ2) is 17.1. The normalized spacial score (nSPS) is 5.54. The van der Waals surface area contributed by atoms with Gasteiger partial charge < -0.3 is 42.1 Å². The molecular formula is CH5CaN5O6. The molecule has 5 N–H and O–H groups in total. The molecule has 0 bridgehead atoms. The van der Waals surface area contributed by atoms with E-state index in [0.29, 0.717) is 0 Å². The fraction of sp³-hybridized carbons (Fsp3) is 0. The van der Waals surface area contributed by atoms with Gasteiger partial charge in [-0.05, 0) is 0 Å². The van der Waals surface area contributed by atoms with Gasteiger partial charge in [0, 0.05) is 0 Å². The van der Waals surface area contributed by atoms with Gasteiger partial charge in [-0.15, -0.1) is 0 Å². The van der Waals surface area contributed by atoms with Gasteiger partial charge in [0.1, 0.15) is 0 Å². The molecule has 0 heterocycles. The predicted octanol–water partition coefficient (Wildman–Crippen LogP) is -2.02. The van der Waals surface area contributed by atoms with Crippen LogP contribution < -0.4 is 11.5 Å². The predicted molar refractivity (Wildman–Crippen MR) is 42.6 cm³/mol. The van der Waals surface area contributed by atoms with Gasteiger partial charge in [-0.25, -0.2) is 0 Å². The molecular weight excluding hydrogens is 218 g/mol. The summed E-state index contributed by atoms with van der Waals surface area (Å²) in [4.78, 5) is 16.5. The molecule has 0 amide bonds. The van der Waals surface area contributed by atoms with Crippen molar-refractivity contribution in [3.8, 4) is 0 Å². The van der Waals surface area contributed by atoms with E-state index in [0.717, 1.165) is 0 Å². The quantitative estimate of drug-likeness (QED) is 0.137. The number of nitrogens with two attached hydrogens (primary N) is 2. The summed E-state index contributed by atoms with van der Waals surface area (Å²) in [6, 6.07) is 0. The van der Waals surface area contributed by atoms with E-state index < -0.39 is 10.2 Å². The summed E-state index contributed by atoms with van der Waals surface area (Å²) in [5.74, 6) is -0.333. The zero-order chi connectivity index (χ0) is 10.7. The van der Waals surface area contributed by atoms with Crippen molar-refractivity contribution in [3.63, 3.8) is 0 Å². The van der Waals surface area contributed by atoms with Crippen LogP contribution in [0.4, 0.5) is 0 Å². The third kappa shape index (κ3) is 761. The molecule has 0 aliphatic carbocycles. The molecule has 0 aromatic heterocycles. The number of nitrogens with zero attached hydrogens (tertiary/aromatic N) is 2. The van der Waals surface area contributed by atoms with Crippen molar-refractivity contribution < 1.29 is 10.2 Å². The zero-order valence-electron chi connectivity index (χ0n) is 6.21. The number of rotatable bonds is 0. The Morgan fingerprint density at radius 1 is 1.00 bits per heavy atom. The van der Waals surface area contributed by atoms with Gasteiger partial charge in [-0.2, -0.15) is 0 Å². The molecule has 0 aromatic rings. The van der Waals surface area contributed by atoms with E-state index in [9.17, 15) is 0 Å². The van der Waals surface area contributed by atoms with Gasteiger partial charge in [0.25, 0.3) is 0 Å². The van der Waals surface area contributed by atoms with Crippen molar-refractivity contribution in [2.75, 3.05) is 0 Å². The number of nitrogens with one attached hydrogen (secondary N) is 1. The van der Waals surface area contributed by atoms with Crippen LogP contribution in [0.15, 0.2) is 0 Å². The molecule has 12 heteroatoms. The van der Waals surface area contributed by atoms with Crippen LogP contribution in [-0.4, -0.2) is 53.9 Å². The van der Waals surface area contributed by atoms with E-state index in [2.05, 4.69) is 11.5 Å². The Labute approximate surface area is 101 Å². The van der Waals surface area contributed by atoms with E-state index in [1.54, 1.807) is 0 Å². The summed E-state index contributed by atoms with van der Waals surface area (Å²) in [6.07, 6.45) is 0. The molecule has 0 saturated heterocycles. The van der Waals surface area contributed by atoms with Gasteiger partial charge in [0.15, 0.2) is 5.96 Å². The van der Waals surface area contributed by atoms with Crippen LogP contribution in [0.1, 0.15) is 0 Å². The van der Waals surface area contributed by atoms with Crippen LogP contribution in [-0.2, 0) is 0 Å². The average molecular weight is 223 g/mol. The minimum Gasteiger partial charge on any atom is -0.370 e. The van der Waals surface area contributed by atoms with Gasteiger partial charge in [0.2, 0.25) is 0 Å². The van der Waals surface area contributed by atoms with E-state index in [1.165, 1.54) is 0 Å². The van der Waals surface area contributed by atoms with Crippen LogP contribution in [0.25, 0.3) is 0 Å². The van der Waals surface area contributed by atoms with Crippen LogP contribution in [0, 0.1) is 36.1 Å². The molecule has 0 saturated carbocycles. The smallest absolute Gasteiger partial charge is 0.370 e. The van der Waals surface area contributed by atoms with E-state index in [-0.39, 0.29) is 43.7 Å². The monoisotopic (exact) mass is 223 g/mol. The molecule has 0 aliphatic rings. The second-order valence-electron chi connectivity index (χ2n) is 0.903. The SMILES string of the molecule is N=C(N)N.O=[N+]([O-])[O-].O=[N+]([O-])[O-].[Ca+2]. The fourth-order valence-electron chi connectivity index (χ4n) is 0. The Morgan fingerprint density at radius 3 is 1.00 bits per heavy atom. The average Bonchev–Trinajstić information content (AvgIpc) is 1.54. The maximum Gasteiger partial charge on any atom is 2.00 e. The van der Waals surface area contributed by atoms with Crippen molar-refractivity contribution in [3.05, 3.63) is 30.6 Å². The van der Waals surface area contributed by atoms with Crippen molar-refractivity contribution >= 4 is 43.7 Å². The van der Waals surface area contributed by atoms with Crippen molar-refractivity contribution in [1.29, 1.82) is 5.41 Å². The minimum absolute atomic E-state index is 0. The fourth-order valence-corrected chi connectivity index (χ4v) is 0. The summed E-state index contributed by atoms with van der Waals surface area (Å²) in [5.41, 5.74) is 8.94. The Morgan fingerprint density at radius 2 is 1.00 bits per heavy atom. The van der Waals surface area contributed by atoms with Crippen LogP contribution >= 0.6 is 0 Å². The van der Waals surface area contributed by atoms with Gasteiger partial charge in [-0.3, -0.25) is 5.41 Å². The number of guanidine groups is 1. The molecule has 0 radical (unpaired) electrons. The Hall–Kier alpha value is -1.07. The Balaban J connectivity index is -0.0000000450. The maximum absolute atomic E-state index is 8.25. The summed E-state index contributed by atoms with van der Waals surface area (Å²) in [6.45, 7) is 0. The molecule has 0 aliphatic heterocycles. The van der Waals surface area contributed by atoms with E-state index in [1.807, 2.05) is 0 Å². The second-order valence-corrected chi connectivity index (χ2v) is 0.903. The zero-order valence-corrected chi connectivity index (χ0v) is 8.41. The topological polar surface area (TPSA) is 208 Å². The first kappa shape index (κ1) is 22.7. The first-order valence-corrected chi connectivity index (χ1v) is 1.92. The van der Waals surface area contributed by atoms with Crippen LogP contribution in [0.2, 0.25) is 0 Å². The van der Waals surface area contributed by atoms with Gasteiger partial charge >= 0.3 is 37.7 Å². The molecule has 13 heavy (non-hydrogen) atoms. The first-order chi connectivity index (χ1) is 5.20. The molecule has 72 valence electrons. The molecule has 0 rings (SSSR count). The van der Waals surface area contributed by atoms with Gasteiger partial charge in [-0.1, -0.05) is 0 Å². The van der Waals surface area contributed by atoms with Gasteiger partial charge in [0.05, 0.1) is 10.2 Å². The van der Waals surface area contributed by atoms with Crippen LogP contribution in [0.3, 0.4) is 0 Å². The maximum atomic E-state index is 8.25. The summed E-state index contributed by atoms with van der Waals surface area (Å²) in [7, 11) is 0.